The van der Waals surface area contributed by atoms with Crippen LogP contribution in [0.25, 0.3) is 0 Å². The van der Waals surface area contributed by atoms with Crippen LogP contribution in [0.3, 0.4) is 0 Å². The lowest BCUT2D eigenvalue weighted by molar-refractivity contribution is -0.146. The Bertz CT molecular complexity index is 4730. The highest BCUT2D eigenvalue weighted by Crippen LogP contribution is 2.66. The van der Waals surface area contributed by atoms with Crippen LogP contribution in [0, 0.1) is 69.0 Å². The molecule has 10 aliphatic carbocycles. The fourth-order valence-corrected chi connectivity index (χ4v) is 27.2. The quantitative estimate of drug-likeness (QED) is 0.0260. The number of Topliss-reactive ketones (excluding diaryl/α,β-unsaturated/α-hetero) is 3. The predicted octanol–water partition coefficient (Wildman–Crippen LogP) is 9.96. The lowest BCUT2D eigenvalue weighted by Crippen LogP contribution is -2.66. The van der Waals surface area contributed by atoms with Crippen molar-refractivity contribution in [3.63, 3.8) is 0 Å². The van der Waals surface area contributed by atoms with Gasteiger partial charge >= 0.3 is 18.2 Å². The lowest BCUT2D eigenvalue weighted by Gasteiger charge is -2.45. The highest BCUT2D eigenvalue weighted by atomic mass is 32.2. The van der Waals surface area contributed by atoms with Crippen LogP contribution in [0.2, 0.25) is 0 Å². The van der Waals surface area contributed by atoms with Crippen LogP contribution in [0.5, 0.6) is 0 Å². The summed E-state index contributed by atoms with van der Waals surface area (Å²) in [4.78, 5) is 207. The van der Waals surface area contributed by atoms with Crippen LogP contribution in [0.1, 0.15) is 355 Å². The number of fused-ring (bicyclic) bond motifs is 2. The van der Waals surface area contributed by atoms with E-state index in [1.807, 2.05) is 41.5 Å². The molecule has 4 heterocycles. The number of rotatable bonds is 36. The van der Waals surface area contributed by atoms with E-state index in [4.69, 9.17) is 10.5 Å². The van der Waals surface area contributed by atoms with E-state index in [0.29, 0.717) is 102 Å². The Kier molecular flexibility index (Phi) is 34.4. The molecule has 14 fully saturated rings. The second kappa shape index (κ2) is 43.6. The Morgan fingerprint density at radius 1 is 0.514 bits per heavy atom. The monoisotopic (exact) mass is 1970 g/mol. The number of carbonyl (C=O) groups excluding carboxylic acids is 15. The van der Waals surface area contributed by atoms with Crippen LogP contribution in [0.4, 0.5) is 14.4 Å². The number of urea groups is 2. The molecule has 0 bridgehead atoms. The molecule has 0 aromatic carbocycles. The fraction of sp³-hybridized carbons (Fsp3) is 0.853. The summed E-state index contributed by atoms with van der Waals surface area (Å²) in [6, 6.07) is -9.33. The van der Waals surface area contributed by atoms with Crippen molar-refractivity contribution in [2.24, 2.45) is 74.7 Å². The molecular formula is C102H166N14O20S2. The molecule has 3 unspecified atom stereocenters. The molecule has 14 aliphatic rings. The average Bonchev–Trinajstić information content (AvgIpc) is 1.52. The van der Waals surface area contributed by atoms with Crippen LogP contribution in [-0.2, 0) is 81.9 Å². The topological polar surface area (TPSA) is 490 Å². The third kappa shape index (κ3) is 27.7. The third-order valence-corrected chi connectivity index (χ3v) is 38.1. The number of sulfone groups is 2. The summed E-state index contributed by atoms with van der Waals surface area (Å²) >= 11 is 0. The van der Waals surface area contributed by atoms with E-state index in [-0.39, 0.29) is 81.7 Å². The van der Waals surface area contributed by atoms with Gasteiger partial charge < -0.3 is 78.3 Å². The van der Waals surface area contributed by atoms with Crippen molar-refractivity contribution in [3.8, 4) is 0 Å². The van der Waals surface area contributed by atoms with E-state index in [1.165, 1.54) is 4.90 Å². The van der Waals surface area contributed by atoms with E-state index in [1.54, 1.807) is 51.3 Å². The van der Waals surface area contributed by atoms with Crippen molar-refractivity contribution in [1.82, 2.24) is 67.9 Å². The normalized spacial score (nSPS) is 27.3. The number of amides is 14. The molecule has 4 aliphatic heterocycles. The maximum Gasteiger partial charge on any atom is 0.408 e. The molecule has 10 saturated carbocycles. The molecule has 36 heteroatoms. The first-order chi connectivity index (χ1) is 64.5. The van der Waals surface area contributed by atoms with Gasteiger partial charge in [-0.25, -0.2) is 31.2 Å². The molecule has 12 N–H and O–H groups in total. The first kappa shape index (κ1) is 109. The fourth-order valence-electron chi connectivity index (χ4n) is 23.3. The van der Waals surface area contributed by atoms with Gasteiger partial charge in [0.1, 0.15) is 41.9 Å². The van der Waals surface area contributed by atoms with Gasteiger partial charge in [-0.2, -0.15) is 0 Å². The molecule has 34 nitrogen and oxygen atoms in total. The molecule has 0 radical (unpaired) electrons. The molecule has 14 amide bonds. The number of primary amides is 1. The number of ether oxygens (including phenoxy) is 1. The summed E-state index contributed by atoms with van der Waals surface area (Å²) < 4.78 is 57.4. The highest BCUT2D eigenvalue weighted by molar-refractivity contribution is 7.92. The van der Waals surface area contributed by atoms with Gasteiger partial charge in [0.25, 0.3) is 17.7 Å². The Balaban J connectivity index is 0.000000189. The SMILES string of the molecule is CC(C)(C)C(NC(=O)NC1(CS(=O)(=O)C(C)(C)C)CCCCC1)C(=O)N1C[C@H]2[C@@H]([C@H]1C(=O)N[C@@H](CCC1CC1)C(=O)C(=O)NC1CC1)C2(C)C.CC(C)C[C@@H](C(=O)NC(CC1CC1)C(=O)C(N)=O)N1CCCCCC[C@H](NC(=O)OC(C)(C)C)C1=O.CC1([C@H](NC(=O)NC2(C3CCCS3(=O)=O)CCCCC2)C(=O)N2C[C@H]3[C@@H]([C@H]2C(=O)N[C@@H](CCC2CC2)C(=O)C(=O)NC2CC2)C3(C)C)CCCCC1. The number of nitrogens with zero attached hydrogens (tertiary/aromatic N) is 3. The molecule has 0 aromatic rings. The van der Waals surface area contributed by atoms with Gasteiger partial charge in [0.2, 0.25) is 52.8 Å². The second-order valence-corrected chi connectivity index (χ2v) is 53.8. The maximum absolute atomic E-state index is 15.0. The summed E-state index contributed by atoms with van der Waals surface area (Å²) in [6.45, 7) is 31.1. The number of likely N-dealkylation sites (tertiary alicyclic amines) is 2. The third-order valence-electron chi connectivity index (χ3n) is 32.9. The summed E-state index contributed by atoms with van der Waals surface area (Å²) in [5.41, 5.74) is 1.03. The number of nitrogens with one attached hydrogen (secondary N) is 10. The van der Waals surface area contributed by atoms with E-state index < -0.39 is 188 Å². The maximum atomic E-state index is 15.0. The van der Waals surface area contributed by atoms with Crippen LogP contribution in [0.15, 0.2) is 0 Å². The van der Waals surface area contributed by atoms with Crippen molar-refractivity contribution in [1.29, 1.82) is 0 Å². The Hall–Kier alpha value is -8.05. The van der Waals surface area contributed by atoms with Gasteiger partial charge in [-0.15, -0.1) is 0 Å². The molecular weight excluding hydrogens is 1810 g/mol. The Morgan fingerprint density at radius 3 is 1.43 bits per heavy atom. The minimum atomic E-state index is -3.56. The molecule has 138 heavy (non-hydrogen) atoms. The zero-order chi connectivity index (χ0) is 101. The average molecular weight is 1970 g/mol. The molecule has 14 rings (SSSR count). The van der Waals surface area contributed by atoms with Gasteiger partial charge in [0.15, 0.2) is 19.7 Å². The van der Waals surface area contributed by atoms with Gasteiger partial charge in [-0.3, -0.25) is 57.5 Å². The first-order valence-corrected chi connectivity index (χ1v) is 55.8. The van der Waals surface area contributed by atoms with E-state index in [9.17, 15) is 88.8 Å². The standard InChI is InChI=1S/C39H61N5O7S.C37H61N5O7S.C26H44N4O6/c1-37(2)26-23-44(30(29(26)37)33(46)41-27(17-14-24-12-13-24)31(45)34(47)40-25-15-16-25)35(48)32(38(3)18-6-4-7-19-38)42-36(49)43-39(20-8-5-9-21-39)28-11-10-22-52(28,50)51;1-34(2,3)29(40-33(47)41-37(18-10-9-11-19-37)21-50(48,49)35(4,5)6)32(46)42-20-24-26(36(24,7)8)27(42)30(44)39-25(17-14-22-12-13-22)28(43)31(45)38-23-15-16-23;1-16(2)14-20(23(33)28-19(15-17-11-12-17)21(31)22(27)32)30-13-9-7-6-8-10-18(24(30)34)29-25(35)36-26(3,4)5/h24-30,32H,4-23H2,1-3H3,(H,40,47)(H,41,46)(H2,42,43,49);22-27,29H,9-21H2,1-8H3,(H,38,45)(H,39,44)(H2,40,41,47);16-20H,6-15H2,1-5H3,(H2,27,32)(H,28,33)(H,29,35)/t26-,27-,28?,29-,30-,32+;24-,25-,26-,27-,29?;18-,19?,20-/m000/s1. The van der Waals surface area contributed by atoms with E-state index in [2.05, 4.69) is 80.9 Å². The Morgan fingerprint density at radius 2 is 0.986 bits per heavy atom. The number of nitrogens with two attached hydrogens (primary N) is 1. The van der Waals surface area contributed by atoms with Gasteiger partial charge in [0.05, 0.1) is 50.7 Å². The van der Waals surface area contributed by atoms with Gasteiger partial charge in [-0.1, -0.05) is 185 Å². The minimum absolute atomic E-state index is 0.0112. The zero-order valence-electron chi connectivity index (χ0n) is 85.4. The number of piperidine rings is 2. The van der Waals surface area contributed by atoms with Crippen molar-refractivity contribution in [2.75, 3.05) is 31.1 Å². The van der Waals surface area contributed by atoms with E-state index >= 15 is 0 Å². The first-order valence-electron chi connectivity index (χ1n) is 52.5. The molecule has 4 saturated heterocycles. The minimum Gasteiger partial charge on any atom is -0.444 e. The van der Waals surface area contributed by atoms with Crippen molar-refractivity contribution in [2.45, 2.75) is 448 Å². The summed E-state index contributed by atoms with van der Waals surface area (Å²) in [5.74, 6) is -5.67. The van der Waals surface area contributed by atoms with Crippen molar-refractivity contribution >= 4 is 108 Å². The van der Waals surface area contributed by atoms with Gasteiger partial charge in [-0.05, 0) is 239 Å². The summed E-state index contributed by atoms with van der Waals surface area (Å²) in [5, 5.41) is 28.4. The van der Waals surface area contributed by atoms with Gasteiger partial charge in [0, 0.05) is 31.7 Å². The lowest BCUT2D eigenvalue weighted by atomic mass is 9.70. The number of hydrogen-bond donors (Lipinski definition) is 11. The molecule has 776 valence electrons. The highest BCUT2D eigenvalue weighted by Gasteiger charge is 2.72. The van der Waals surface area contributed by atoms with Crippen molar-refractivity contribution in [3.05, 3.63) is 0 Å². The predicted molar refractivity (Wildman–Crippen MR) is 521 cm³/mol. The van der Waals surface area contributed by atoms with Crippen LogP contribution >= 0.6 is 0 Å². The Labute approximate surface area is 818 Å². The number of ketones is 3. The summed E-state index contributed by atoms with van der Waals surface area (Å²) in [6.07, 6.45) is 28.5. The second-order valence-electron chi connectivity index (χ2n) is 48.8. The smallest absolute Gasteiger partial charge is 0.408 e. The summed E-state index contributed by atoms with van der Waals surface area (Å²) in [7, 11) is -6.91. The van der Waals surface area contributed by atoms with E-state index in [0.717, 1.165) is 173 Å². The largest absolute Gasteiger partial charge is 0.444 e. The number of hydrogen-bond acceptors (Lipinski definition) is 20. The van der Waals surface area contributed by atoms with Crippen LogP contribution in [-0.4, -0.2) is 244 Å². The van der Waals surface area contributed by atoms with Crippen LogP contribution < -0.4 is 58.9 Å². The molecule has 14 atom stereocenters. The van der Waals surface area contributed by atoms with Crippen molar-refractivity contribution < 1.29 is 93.5 Å². The number of alkyl carbamates (subject to hydrolysis) is 1. The molecule has 0 spiro atoms. The zero-order valence-corrected chi connectivity index (χ0v) is 87.0. The molecule has 0 aromatic heterocycles. The number of carbonyl (C=O) groups is 15.